The molecule has 0 aliphatic heterocycles. The van der Waals surface area contributed by atoms with E-state index in [-0.39, 0.29) is 0 Å². The second-order valence-electron chi connectivity index (χ2n) is 6.35. The van der Waals surface area contributed by atoms with Crippen molar-refractivity contribution in [3.05, 3.63) is 29.8 Å². The fraction of sp³-hybridized carbons (Fsp3) is 0.684. The van der Waals surface area contributed by atoms with Crippen LogP contribution in [0.15, 0.2) is 24.3 Å². The minimum Gasteiger partial charge on any atom is -0.497 e. The zero-order valence-corrected chi connectivity index (χ0v) is 13.7. The Kier molecular flexibility index (Phi) is 7.08. The van der Waals surface area contributed by atoms with E-state index in [1.54, 1.807) is 7.11 Å². The average molecular weight is 289 g/mol. The molecule has 1 saturated carbocycles. The van der Waals surface area contributed by atoms with Crippen molar-refractivity contribution < 1.29 is 4.74 Å². The number of ether oxygens (including phenoxy) is 1. The fourth-order valence-corrected chi connectivity index (χ4v) is 3.47. The van der Waals surface area contributed by atoms with Crippen LogP contribution >= 0.6 is 0 Å². The van der Waals surface area contributed by atoms with E-state index in [2.05, 4.69) is 36.5 Å². The van der Waals surface area contributed by atoms with Crippen LogP contribution in [0.3, 0.4) is 0 Å². The van der Waals surface area contributed by atoms with Gasteiger partial charge in [0.1, 0.15) is 5.75 Å². The summed E-state index contributed by atoms with van der Waals surface area (Å²) in [4.78, 5) is 0. The van der Waals surface area contributed by atoms with Crippen LogP contribution in [0.4, 0.5) is 0 Å². The molecule has 118 valence electrons. The van der Waals surface area contributed by atoms with Crippen molar-refractivity contribution in [3.8, 4) is 5.75 Å². The number of rotatable bonds is 7. The summed E-state index contributed by atoms with van der Waals surface area (Å²) in [6.07, 6.45) is 10.8. The molecule has 0 heterocycles. The Morgan fingerprint density at radius 1 is 1.10 bits per heavy atom. The molecular formula is C19H31NO. The van der Waals surface area contributed by atoms with Crippen LogP contribution in [-0.2, 0) is 6.42 Å². The number of methoxy groups -OCH3 is 1. The third-order valence-electron chi connectivity index (χ3n) is 4.78. The summed E-state index contributed by atoms with van der Waals surface area (Å²) in [6.45, 7) is 3.43. The first-order chi connectivity index (χ1) is 10.3. The maximum atomic E-state index is 5.23. The highest BCUT2D eigenvalue weighted by Crippen LogP contribution is 2.27. The molecule has 2 nitrogen and oxygen atoms in total. The molecule has 1 aliphatic carbocycles. The first kappa shape index (κ1) is 16.4. The first-order valence-corrected chi connectivity index (χ1v) is 8.69. The van der Waals surface area contributed by atoms with E-state index < -0.39 is 0 Å². The lowest BCUT2D eigenvalue weighted by Gasteiger charge is -2.26. The molecule has 0 saturated heterocycles. The lowest BCUT2D eigenvalue weighted by Crippen LogP contribution is -2.36. The van der Waals surface area contributed by atoms with Gasteiger partial charge in [0.25, 0.3) is 0 Å². The van der Waals surface area contributed by atoms with Gasteiger partial charge in [0.2, 0.25) is 0 Å². The van der Waals surface area contributed by atoms with Crippen LogP contribution in [0.2, 0.25) is 0 Å². The zero-order valence-electron chi connectivity index (χ0n) is 13.7. The Morgan fingerprint density at radius 2 is 1.86 bits per heavy atom. The van der Waals surface area contributed by atoms with Crippen LogP contribution in [0.1, 0.15) is 57.4 Å². The third-order valence-corrected chi connectivity index (χ3v) is 4.78. The van der Waals surface area contributed by atoms with Crippen molar-refractivity contribution in [3.63, 3.8) is 0 Å². The third kappa shape index (κ3) is 5.35. The quantitative estimate of drug-likeness (QED) is 0.742. The van der Waals surface area contributed by atoms with Crippen LogP contribution in [0, 0.1) is 5.92 Å². The van der Waals surface area contributed by atoms with Gasteiger partial charge >= 0.3 is 0 Å². The molecule has 1 aliphatic rings. The van der Waals surface area contributed by atoms with Crippen molar-refractivity contribution in [2.75, 3.05) is 13.7 Å². The topological polar surface area (TPSA) is 21.3 Å². The predicted molar refractivity (Wildman–Crippen MR) is 90.0 cm³/mol. The monoisotopic (exact) mass is 289 g/mol. The Hall–Kier alpha value is -1.02. The van der Waals surface area contributed by atoms with Crippen LogP contribution < -0.4 is 10.1 Å². The van der Waals surface area contributed by atoms with Crippen molar-refractivity contribution in [1.82, 2.24) is 5.32 Å². The summed E-state index contributed by atoms with van der Waals surface area (Å²) in [5.74, 6) is 1.80. The van der Waals surface area contributed by atoms with Gasteiger partial charge in [-0.2, -0.15) is 0 Å². The molecule has 0 radical (unpaired) electrons. The predicted octanol–water partition coefficient (Wildman–Crippen LogP) is 4.58. The van der Waals surface area contributed by atoms with Crippen LogP contribution in [-0.4, -0.2) is 19.7 Å². The number of hydrogen-bond acceptors (Lipinski definition) is 2. The molecule has 0 spiro atoms. The number of benzene rings is 1. The van der Waals surface area contributed by atoms with Gasteiger partial charge in [0.15, 0.2) is 0 Å². The van der Waals surface area contributed by atoms with Gasteiger partial charge in [0, 0.05) is 6.04 Å². The summed E-state index contributed by atoms with van der Waals surface area (Å²) in [5.41, 5.74) is 1.44. The highest BCUT2D eigenvalue weighted by Gasteiger charge is 2.22. The van der Waals surface area contributed by atoms with Gasteiger partial charge in [-0.3, -0.25) is 0 Å². The summed E-state index contributed by atoms with van der Waals surface area (Å²) >= 11 is 0. The molecule has 1 aromatic carbocycles. The molecule has 1 aromatic rings. The molecule has 0 aromatic heterocycles. The minimum absolute atomic E-state index is 0.741. The molecule has 1 N–H and O–H groups in total. The van der Waals surface area contributed by atoms with E-state index in [0.29, 0.717) is 0 Å². The molecule has 0 bridgehead atoms. The highest BCUT2D eigenvalue weighted by atomic mass is 16.5. The van der Waals surface area contributed by atoms with Gasteiger partial charge < -0.3 is 10.1 Å². The molecule has 2 rings (SSSR count). The van der Waals surface area contributed by atoms with E-state index >= 15 is 0 Å². The van der Waals surface area contributed by atoms with Crippen molar-refractivity contribution >= 4 is 0 Å². The SMILES string of the molecule is CCCNC1CCCCCC1CCc1ccc(OC)cc1. The smallest absolute Gasteiger partial charge is 0.118 e. The van der Waals surface area contributed by atoms with Gasteiger partial charge in [-0.15, -0.1) is 0 Å². The second-order valence-corrected chi connectivity index (χ2v) is 6.35. The van der Waals surface area contributed by atoms with Gasteiger partial charge in [0.05, 0.1) is 7.11 Å². The maximum Gasteiger partial charge on any atom is 0.118 e. The molecular weight excluding hydrogens is 258 g/mol. The van der Waals surface area contributed by atoms with Crippen LogP contribution in [0.5, 0.6) is 5.75 Å². The van der Waals surface area contributed by atoms with E-state index in [0.717, 1.165) is 17.7 Å². The molecule has 21 heavy (non-hydrogen) atoms. The first-order valence-electron chi connectivity index (χ1n) is 8.69. The Labute approximate surface area is 130 Å². The number of aryl methyl sites for hydroxylation is 1. The number of hydrogen-bond donors (Lipinski definition) is 1. The molecule has 1 fully saturated rings. The normalized spacial score (nSPS) is 22.8. The largest absolute Gasteiger partial charge is 0.497 e. The van der Waals surface area contributed by atoms with Crippen molar-refractivity contribution in [2.45, 2.75) is 64.3 Å². The number of nitrogens with one attached hydrogen (secondary N) is 1. The Morgan fingerprint density at radius 3 is 2.57 bits per heavy atom. The summed E-state index contributed by atoms with van der Waals surface area (Å²) < 4.78 is 5.23. The minimum atomic E-state index is 0.741. The van der Waals surface area contributed by atoms with Gasteiger partial charge in [-0.05, 0) is 62.3 Å². The van der Waals surface area contributed by atoms with E-state index in [4.69, 9.17) is 4.74 Å². The average Bonchev–Trinajstić information content (AvgIpc) is 2.76. The van der Waals surface area contributed by atoms with E-state index in [1.165, 1.54) is 63.5 Å². The standard InChI is InChI=1S/C19H31NO/c1-3-15-20-19-8-6-4-5-7-17(19)12-9-16-10-13-18(21-2)14-11-16/h10-11,13-14,17,19-20H,3-9,12,15H2,1-2H3. The zero-order chi connectivity index (χ0) is 14.9. The second kappa shape index (κ2) is 9.09. The molecule has 2 atom stereocenters. The summed E-state index contributed by atoms with van der Waals surface area (Å²) in [7, 11) is 1.73. The highest BCUT2D eigenvalue weighted by molar-refractivity contribution is 5.27. The summed E-state index contributed by atoms with van der Waals surface area (Å²) in [6, 6.07) is 9.32. The fourth-order valence-electron chi connectivity index (χ4n) is 3.47. The van der Waals surface area contributed by atoms with Gasteiger partial charge in [-0.25, -0.2) is 0 Å². The lowest BCUT2D eigenvalue weighted by molar-refractivity contribution is 0.317. The molecule has 0 amide bonds. The maximum absolute atomic E-state index is 5.23. The van der Waals surface area contributed by atoms with Crippen LogP contribution in [0.25, 0.3) is 0 Å². The lowest BCUT2D eigenvalue weighted by atomic mass is 9.88. The van der Waals surface area contributed by atoms with E-state index in [9.17, 15) is 0 Å². The van der Waals surface area contributed by atoms with Gasteiger partial charge in [-0.1, -0.05) is 38.3 Å². The van der Waals surface area contributed by atoms with Crippen molar-refractivity contribution in [2.24, 2.45) is 5.92 Å². The molecule has 2 unspecified atom stereocenters. The molecule has 2 heteroatoms. The Balaban J connectivity index is 1.87. The van der Waals surface area contributed by atoms with E-state index in [1.807, 2.05) is 0 Å². The Bertz CT molecular complexity index is 387. The summed E-state index contributed by atoms with van der Waals surface area (Å²) in [5, 5.41) is 3.80. The van der Waals surface area contributed by atoms with Crippen molar-refractivity contribution in [1.29, 1.82) is 0 Å².